The highest BCUT2D eigenvalue weighted by molar-refractivity contribution is 7.99. The third-order valence-electron chi connectivity index (χ3n) is 2.03. The Bertz CT molecular complexity index is 339. The van der Waals surface area contributed by atoms with Gasteiger partial charge in [-0.1, -0.05) is 13.8 Å². The Morgan fingerprint density at radius 1 is 1.47 bits per heavy atom. The monoisotopic (exact) mass is 242 g/mol. The van der Waals surface area contributed by atoms with Gasteiger partial charge >= 0.3 is 0 Å². The van der Waals surface area contributed by atoms with E-state index >= 15 is 0 Å². The highest BCUT2D eigenvalue weighted by Crippen LogP contribution is 2.22. The fourth-order valence-corrected chi connectivity index (χ4v) is 3.25. The van der Waals surface area contributed by atoms with Crippen LogP contribution in [0.5, 0.6) is 0 Å². The number of thioether (sulfide) groups is 1. The lowest BCUT2D eigenvalue weighted by Gasteiger charge is -2.03. The number of carbonyl (C=O) groups is 1. The number of ketones is 1. The molecule has 0 saturated heterocycles. The minimum Gasteiger partial charge on any atom is -0.293 e. The lowest BCUT2D eigenvalue weighted by Crippen LogP contribution is -2.04. The van der Waals surface area contributed by atoms with Gasteiger partial charge in [0.05, 0.1) is 5.75 Å². The molecule has 15 heavy (non-hydrogen) atoms. The molecule has 3 heteroatoms. The predicted molar refractivity (Wildman–Crippen MR) is 70.3 cm³/mol. The third kappa shape index (κ3) is 3.99. The van der Waals surface area contributed by atoms with E-state index in [0.717, 1.165) is 16.2 Å². The average Bonchev–Trinajstić information content (AvgIpc) is 2.44. The lowest BCUT2D eigenvalue weighted by molar-refractivity contribution is 0.102. The van der Waals surface area contributed by atoms with Crippen molar-refractivity contribution in [3.05, 3.63) is 21.4 Å². The Balaban J connectivity index is 2.50. The minimum atomic E-state index is 0.280. The summed E-state index contributed by atoms with van der Waals surface area (Å²) in [5, 5.41) is 0. The van der Waals surface area contributed by atoms with Crippen molar-refractivity contribution in [2.45, 2.75) is 27.7 Å². The van der Waals surface area contributed by atoms with Crippen molar-refractivity contribution in [1.82, 2.24) is 0 Å². The first-order valence-corrected chi connectivity index (χ1v) is 7.15. The Kier molecular flexibility index (Phi) is 4.87. The van der Waals surface area contributed by atoms with Crippen LogP contribution in [0.1, 0.15) is 34.0 Å². The summed E-state index contributed by atoms with van der Waals surface area (Å²) in [6.45, 7) is 8.43. The summed E-state index contributed by atoms with van der Waals surface area (Å²) in [6, 6.07) is 2.01. The second kappa shape index (κ2) is 5.71. The van der Waals surface area contributed by atoms with E-state index in [1.54, 1.807) is 23.1 Å². The molecule has 0 spiro atoms. The van der Waals surface area contributed by atoms with Gasteiger partial charge in [-0.15, -0.1) is 11.3 Å². The van der Waals surface area contributed by atoms with Crippen LogP contribution in [0.4, 0.5) is 0 Å². The molecule has 0 fully saturated rings. The van der Waals surface area contributed by atoms with Crippen molar-refractivity contribution in [3.63, 3.8) is 0 Å². The van der Waals surface area contributed by atoms with E-state index in [0.29, 0.717) is 11.7 Å². The van der Waals surface area contributed by atoms with E-state index in [4.69, 9.17) is 0 Å². The van der Waals surface area contributed by atoms with Gasteiger partial charge in [0.1, 0.15) is 0 Å². The molecule has 0 atom stereocenters. The van der Waals surface area contributed by atoms with Gasteiger partial charge in [0, 0.05) is 15.3 Å². The van der Waals surface area contributed by atoms with E-state index in [-0.39, 0.29) is 5.78 Å². The van der Waals surface area contributed by atoms with E-state index in [1.165, 1.54) is 4.88 Å². The Morgan fingerprint density at radius 3 is 2.60 bits per heavy atom. The van der Waals surface area contributed by atoms with Gasteiger partial charge in [-0.25, -0.2) is 0 Å². The highest BCUT2D eigenvalue weighted by atomic mass is 32.2. The van der Waals surface area contributed by atoms with Crippen LogP contribution >= 0.6 is 23.1 Å². The number of aryl methyl sites for hydroxylation is 2. The number of hydrogen-bond donors (Lipinski definition) is 0. The molecule has 0 aliphatic rings. The van der Waals surface area contributed by atoms with Crippen LogP contribution in [0, 0.1) is 19.8 Å². The summed E-state index contributed by atoms with van der Waals surface area (Å²) in [5.74, 6) is 2.62. The molecule has 84 valence electrons. The molecule has 0 aliphatic carbocycles. The number of rotatable bonds is 5. The van der Waals surface area contributed by atoms with Crippen molar-refractivity contribution in [2.75, 3.05) is 11.5 Å². The fourth-order valence-electron chi connectivity index (χ4n) is 1.37. The van der Waals surface area contributed by atoms with Gasteiger partial charge in [0.25, 0.3) is 0 Å². The number of thiophene rings is 1. The summed E-state index contributed by atoms with van der Waals surface area (Å²) in [6.07, 6.45) is 0. The van der Waals surface area contributed by atoms with Crippen LogP contribution in [0.3, 0.4) is 0 Å². The Labute approximate surface area is 100 Å². The SMILES string of the molecule is Cc1cc(C(=O)CSCC(C)C)c(C)s1. The summed E-state index contributed by atoms with van der Waals surface area (Å²) in [7, 11) is 0. The van der Waals surface area contributed by atoms with Gasteiger partial charge in [-0.05, 0) is 31.6 Å². The summed E-state index contributed by atoms with van der Waals surface area (Å²) < 4.78 is 0. The Morgan fingerprint density at radius 2 is 2.13 bits per heavy atom. The van der Waals surface area contributed by atoms with Crippen molar-refractivity contribution in [2.24, 2.45) is 5.92 Å². The molecule has 0 radical (unpaired) electrons. The van der Waals surface area contributed by atoms with Gasteiger partial charge < -0.3 is 0 Å². The van der Waals surface area contributed by atoms with E-state index < -0.39 is 0 Å². The molecular formula is C12H18OS2. The molecule has 1 aromatic rings. The van der Waals surface area contributed by atoms with Gasteiger partial charge in [0.15, 0.2) is 5.78 Å². The van der Waals surface area contributed by atoms with Crippen LogP contribution in [-0.4, -0.2) is 17.3 Å². The molecule has 1 nitrogen and oxygen atoms in total. The van der Waals surface area contributed by atoms with Crippen LogP contribution < -0.4 is 0 Å². The van der Waals surface area contributed by atoms with Gasteiger partial charge in [-0.2, -0.15) is 11.8 Å². The van der Waals surface area contributed by atoms with Crippen molar-refractivity contribution in [3.8, 4) is 0 Å². The largest absolute Gasteiger partial charge is 0.293 e. The topological polar surface area (TPSA) is 17.1 Å². The van der Waals surface area contributed by atoms with Crippen molar-refractivity contribution in [1.29, 1.82) is 0 Å². The molecule has 0 bridgehead atoms. The fraction of sp³-hybridized carbons (Fsp3) is 0.583. The normalized spacial score (nSPS) is 11.0. The summed E-state index contributed by atoms with van der Waals surface area (Å²) in [4.78, 5) is 14.2. The van der Waals surface area contributed by atoms with E-state index in [1.807, 2.05) is 13.0 Å². The van der Waals surface area contributed by atoms with Crippen molar-refractivity contribution < 1.29 is 4.79 Å². The molecule has 0 aliphatic heterocycles. The average molecular weight is 242 g/mol. The second-order valence-corrected chi connectivity index (χ2v) is 6.65. The first kappa shape index (κ1) is 12.8. The quantitative estimate of drug-likeness (QED) is 0.728. The smallest absolute Gasteiger partial charge is 0.173 e. The minimum absolute atomic E-state index is 0.280. The van der Waals surface area contributed by atoms with Crippen LogP contribution in [0.2, 0.25) is 0 Å². The lowest BCUT2D eigenvalue weighted by atomic mass is 10.2. The maximum Gasteiger partial charge on any atom is 0.173 e. The first-order valence-electron chi connectivity index (χ1n) is 5.18. The summed E-state index contributed by atoms with van der Waals surface area (Å²) in [5.41, 5.74) is 0.925. The van der Waals surface area contributed by atoms with E-state index in [9.17, 15) is 4.79 Å². The van der Waals surface area contributed by atoms with Crippen molar-refractivity contribution >= 4 is 28.9 Å². The highest BCUT2D eigenvalue weighted by Gasteiger charge is 2.11. The third-order valence-corrected chi connectivity index (χ3v) is 4.36. The molecule has 1 rings (SSSR count). The molecule has 0 unspecified atom stereocenters. The molecule has 0 aromatic carbocycles. The zero-order valence-corrected chi connectivity index (χ0v) is 11.4. The first-order chi connectivity index (χ1) is 7.00. The second-order valence-electron chi connectivity index (χ2n) is 4.16. The molecule has 0 N–H and O–H groups in total. The zero-order chi connectivity index (χ0) is 11.4. The maximum absolute atomic E-state index is 11.8. The number of hydrogen-bond acceptors (Lipinski definition) is 3. The summed E-state index contributed by atoms with van der Waals surface area (Å²) >= 11 is 3.44. The van der Waals surface area contributed by atoms with E-state index in [2.05, 4.69) is 20.8 Å². The molecule has 1 heterocycles. The predicted octanol–water partition coefficient (Wildman–Crippen LogP) is 3.94. The molecule has 1 aromatic heterocycles. The van der Waals surface area contributed by atoms with Gasteiger partial charge in [-0.3, -0.25) is 4.79 Å². The molecule has 0 amide bonds. The van der Waals surface area contributed by atoms with Crippen LogP contribution in [0.25, 0.3) is 0 Å². The number of carbonyl (C=O) groups excluding carboxylic acids is 1. The number of Topliss-reactive ketones (excluding diaryl/α,β-unsaturated/α-hetero) is 1. The maximum atomic E-state index is 11.8. The van der Waals surface area contributed by atoms with Crippen LogP contribution in [0.15, 0.2) is 6.07 Å². The molecular weight excluding hydrogens is 224 g/mol. The van der Waals surface area contributed by atoms with Crippen LogP contribution in [-0.2, 0) is 0 Å². The Hall–Kier alpha value is -0.280. The molecule has 0 saturated carbocycles. The standard InChI is InChI=1S/C12H18OS2/c1-8(2)6-14-7-12(13)11-5-9(3)15-10(11)4/h5,8H,6-7H2,1-4H3. The zero-order valence-electron chi connectivity index (χ0n) is 9.79. The van der Waals surface area contributed by atoms with Gasteiger partial charge in [0.2, 0.25) is 0 Å².